The van der Waals surface area contributed by atoms with Crippen molar-refractivity contribution in [1.82, 2.24) is 20.0 Å². The van der Waals surface area contributed by atoms with E-state index in [-0.39, 0.29) is 17.9 Å². The molecule has 1 N–H and O–H groups in total. The van der Waals surface area contributed by atoms with Crippen molar-refractivity contribution in [2.75, 3.05) is 45.8 Å². The Morgan fingerprint density at radius 1 is 1.03 bits per heavy atom. The Morgan fingerprint density at radius 2 is 1.73 bits per heavy atom. The third kappa shape index (κ3) is 6.21. The Balaban J connectivity index is 1.39. The van der Waals surface area contributed by atoms with Crippen LogP contribution in [0.5, 0.6) is 0 Å². The molecule has 2 aliphatic rings. The highest BCUT2D eigenvalue weighted by molar-refractivity contribution is 5.79. The first-order chi connectivity index (χ1) is 14.6. The molecule has 0 radical (unpaired) electrons. The monoisotopic (exact) mass is 414 g/mol. The zero-order chi connectivity index (χ0) is 21.3. The summed E-state index contributed by atoms with van der Waals surface area (Å²) in [5, 5.41) is 3.22. The minimum atomic E-state index is 0.0368. The number of likely N-dealkylation sites (tertiary alicyclic amines) is 2. The second-order valence-electron chi connectivity index (χ2n) is 8.69. The van der Waals surface area contributed by atoms with Crippen molar-refractivity contribution >= 4 is 11.9 Å². The minimum Gasteiger partial charge on any atom is -0.356 e. The van der Waals surface area contributed by atoms with E-state index in [0.29, 0.717) is 19.0 Å². The number of benzene rings is 1. The van der Waals surface area contributed by atoms with Gasteiger partial charge in [-0.3, -0.25) is 9.69 Å². The van der Waals surface area contributed by atoms with Crippen LogP contribution in [0.15, 0.2) is 30.3 Å². The van der Waals surface area contributed by atoms with Crippen LogP contribution in [0.25, 0.3) is 0 Å². The fourth-order valence-corrected chi connectivity index (χ4v) is 4.72. The number of hydrogen-bond donors (Lipinski definition) is 1. The van der Waals surface area contributed by atoms with Gasteiger partial charge in [0, 0.05) is 51.7 Å². The van der Waals surface area contributed by atoms with Crippen LogP contribution in [-0.2, 0) is 11.3 Å². The van der Waals surface area contributed by atoms with E-state index in [9.17, 15) is 9.59 Å². The van der Waals surface area contributed by atoms with Crippen molar-refractivity contribution in [2.45, 2.75) is 46.1 Å². The number of rotatable bonds is 7. The summed E-state index contributed by atoms with van der Waals surface area (Å²) in [4.78, 5) is 31.4. The van der Waals surface area contributed by atoms with Crippen LogP contribution in [0.1, 0.15) is 45.1 Å². The molecular formula is C24H38N4O2. The fourth-order valence-electron chi connectivity index (χ4n) is 4.72. The molecule has 30 heavy (non-hydrogen) atoms. The first-order valence-electron chi connectivity index (χ1n) is 11.7. The van der Waals surface area contributed by atoms with Gasteiger partial charge in [-0.2, -0.15) is 0 Å². The lowest BCUT2D eigenvalue weighted by Crippen LogP contribution is -2.49. The molecule has 6 nitrogen and oxygen atoms in total. The second kappa shape index (κ2) is 11.3. The summed E-state index contributed by atoms with van der Waals surface area (Å²) in [5.41, 5.74) is 1.35. The summed E-state index contributed by atoms with van der Waals surface area (Å²) in [7, 11) is 0. The summed E-state index contributed by atoms with van der Waals surface area (Å²) in [5.74, 6) is 0.732. The molecule has 0 aliphatic carbocycles. The number of piperidine rings is 2. The van der Waals surface area contributed by atoms with E-state index in [2.05, 4.69) is 40.5 Å². The van der Waals surface area contributed by atoms with Crippen molar-refractivity contribution in [1.29, 1.82) is 0 Å². The Hall–Kier alpha value is -2.08. The van der Waals surface area contributed by atoms with Crippen molar-refractivity contribution in [3.63, 3.8) is 0 Å². The lowest BCUT2D eigenvalue weighted by Gasteiger charge is -2.35. The molecular weight excluding hydrogens is 376 g/mol. The van der Waals surface area contributed by atoms with Gasteiger partial charge in [-0.15, -0.1) is 0 Å². The van der Waals surface area contributed by atoms with Gasteiger partial charge < -0.3 is 15.1 Å². The SMILES string of the molecule is CCN(CC)C(=O)N1CCC(C(=O)NCC2CCCN(Cc3ccccc3)C2)CC1. The van der Waals surface area contributed by atoms with Gasteiger partial charge in [0.25, 0.3) is 0 Å². The second-order valence-corrected chi connectivity index (χ2v) is 8.69. The van der Waals surface area contributed by atoms with Gasteiger partial charge >= 0.3 is 6.03 Å². The minimum absolute atomic E-state index is 0.0368. The summed E-state index contributed by atoms with van der Waals surface area (Å²) in [6.45, 7) is 10.8. The molecule has 1 aromatic carbocycles. The Labute approximate surface area is 181 Å². The van der Waals surface area contributed by atoms with E-state index >= 15 is 0 Å². The topological polar surface area (TPSA) is 55.9 Å². The Kier molecular flexibility index (Phi) is 8.55. The molecule has 166 valence electrons. The smallest absolute Gasteiger partial charge is 0.319 e. The van der Waals surface area contributed by atoms with Gasteiger partial charge in [0.1, 0.15) is 0 Å². The third-order valence-corrected chi connectivity index (χ3v) is 6.59. The summed E-state index contributed by atoms with van der Waals surface area (Å²) in [6, 6.07) is 10.7. The third-order valence-electron chi connectivity index (χ3n) is 6.59. The molecule has 0 aromatic heterocycles. The van der Waals surface area contributed by atoms with Crippen molar-refractivity contribution in [2.24, 2.45) is 11.8 Å². The molecule has 3 amide bonds. The van der Waals surface area contributed by atoms with Gasteiger partial charge in [-0.25, -0.2) is 4.79 Å². The number of nitrogens with one attached hydrogen (secondary N) is 1. The zero-order valence-electron chi connectivity index (χ0n) is 18.7. The number of amides is 3. The predicted molar refractivity (Wildman–Crippen MR) is 120 cm³/mol. The van der Waals surface area contributed by atoms with Gasteiger partial charge in [-0.05, 0) is 57.6 Å². The fraction of sp³-hybridized carbons (Fsp3) is 0.667. The van der Waals surface area contributed by atoms with Gasteiger partial charge in [0.05, 0.1) is 0 Å². The lowest BCUT2D eigenvalue weighted by atomic mass is 9.94. The van der Waals surface area contributed by atoms with Crippen LogP contribution in [0.2, 0.25) is 0 Å². The average Bonchev–Trinajstić information content (AvgIpc) is 2.79. The molecule has 1 aromatic rings. The number of carbonyl (C=O) groups is 2. The zero-order valence-corrected chi connectivity index (χ0v) is 18.7. The van der Waals surface area contributed by atoms with E-state index in [1.165, 1.54) is 18.4 Å². The van der Waals surface area contributed by atoms with Gasteiger partial charge in [0.15, 0.2) is 0 Å². The van der Waals surface area contributed by atoms with Crippen LogP contribution in [-0.4, -0.2) is 72.5 Å². The number of carbonyl (C=O) groups excluding carboxylic acids is 2. The maximum Gasteiger partial charge on any atom is 0.319 e. The molecule has 6 heteroatoms. The predicted octanol–water partition coefficient (Wildman–Crippen LogP) is 3.19. The normalized spacial score (nSPS) is 20.7. The molecule has 1 unspecified atom stereocenters. The molecule has 1 atom stereocenters. The van der Waals surface area contributed by atoms with Crippen LogP contribution in [0.3, 0.4) is 0 Å². The summed E-state index contributed by atoms with van der Waals surface area (Å²) < 4.78 is 0. The molecule has 0 bridgehead atoms. The van der Waals surface area contributed by atoms with E-state index in [4.69, 9.17) is 0 Å². The largest absolute Gasteiger partial charge is 0.356 e. The first-order valence-corrected chi connectivity index (χ1v) is 11.7. The molecule has 2 aliphatic heterocycles. The van der Waals surface area contributed by atoms with E-state index < -0.39 is 0 Å². The Bertz CT molecular complexity index is 669. The molecule has 2 heterocycles. The lowest BCUT2D eigenvalue weighted by molar-refractivity contribution is -0.126. The molecule has 3 rings (SSSR count). The number of urea groups is 1. The highest BCUT2D eigenvalue weighted by atomic mass is 16.2. The van der Waals surface area contributed by atoms with Crippen molar-refractivity contribution < 1.29 is 9.59 Å². The first kappa shape index (κ1) is 22.6. The number of nitrogens with zero attached hydrogens (tertiary/aromatic N) is 3. The van der Waals surface area contributed by atoms with Gasteiger partial charge in [-0.1, -0.05) is 30.3 Å². The van der Waals surface area contributed by atoms with Crippen LogP contribution < -0.4 is 5.32 Å². The standard InChI is InChI=1S/C24H38N4O2/c1-3-27(4-2)24(30)28-15-12-22(13-16-28)23(29)25-17-21-11-8-14-26(19-21)18-20-9-6-5-7-10-20/h5-7,9-10,21-22H,3-4,8,11-19H2,1-2H3,(H,25,29). The van der Waals surface area contributed by atoms with Crippen LogP contribution in [0, 0.1) is 11.8 Å². The van der Waals surface area contributed by atoms with Crippen molar-refractivity contribution in [3.8, 4) is 0 Å². The summed E-state index contributed by atoms with van der Waals surface area (Å²) in [6.07, 6.45) is 3.91. The van der Waals surface area contributed by atoms with Crippen molar-refractivity contribution in [3.05, 3.63) is 35.9 Å². The highest BCUT2D eigenvalue weighted by Gasteiger charge is 2.29. The van der Waals surface area contributed by atoms with Crippen LogP contribution >= 0.6 is 0 Å². The maximum atomic E-state index is 12.7. The van der Waals surface area contributed by atoms with E-state index in [1.807, 2.05) is 23.6 Å². The Morgan fingerprint density at radius 3 is 2.40 bits per heavy atom. The maximum absolute atomic E-state index is 12.7. The van der Waals surface area contributed by atoms with Gasteiger partial charge in [0.2, 0.25) is 5.91 Å². The quantitative estimate of drug-likeness (QED) is 0.746. The molecule has 2 fully saturated rings. The highest BCUT2D eigenvalue weighted by Crippen LogP contribution is 2.21. The van der Waals surface area contributed by atoms with Crippen LogP contribution in [0.4, 0.5) is 4.79 Å². The summed E-state index contributed by atoms with van der Waals surface area (Å²) >= 11 is 0. The molecule has 0 saturated carbocycles. The van der Waals surface area contributed by atoms with E-state index in [1.54, 1.807) is 0 Å². The molecule has 2 saturated heterocycles. The van der Waals surface area contributed by atoms with E-state index in [0.717, 1.165) is 52.1 Å². The molecule has 0 spiro atoms. The number of hydrogen-bond acceptors (Lipinski definition) is 3. The average molecular weight is 415 g/mol.